The van der Waals surface area contributed by atoms with E-state index in [1.54, 1.807) is 6.26 Å². The van der Waals surface area contributed by atoms with Crippen LogP contribution in [-0.4, -0.2) is 34.7 Å². The van der Waals surface area contributed by atoms with Gasteiger partial charge in [0, 0.05) is 38.1 Å². The molecule has 1 unspecified atom stereocenters. The van der Waals surface area contributed by atoms with E-state index in [0.717, 1.165) is 44.3 Å². The first-order valence-corrected chi connectivity index (χ1v) is 7.11. The average molecular weight is 272 g/mol. The minimum atomic E-state index is 0.721. The van der Waals surface area contributed by atoms with Gasteiger partial charge < -0.3 is 9.84 Å². The smallest absolute Gasteiger partial charge is 0.124 e. The first kappa shape index (κ1) is 13.3. The molecule has 1 aliphatic heterocycles. The number of nitrogens with one attached hydrogen (secondary N) is 1. The van der Waals surface area contributed by atoms with Crippen molar-refractivity contribution in [1.82, 2.24) is 20.4 Å². The minimum absolute atomic E-state index is 0.721. The van der Waals surface area contributed by atoms with Gasteiger partial charge in [0.05, 0.1) is 5.69 Å². The predicted molar refractivity (Wildman–Crippen MR) is 75.8 cm³/mol. The second kappa shape index (κ2) is 6.63. The molecule has 0 saturated carbocycles. The summed E-state index contributed by atoms with van der Waals surface area (Å²) >= 11 is 0. The zero-order valence-corrected chi connectivity index (χ0v) is 11.5. The van der Waals surface area contributed by atoms with Crippen molar-refractivity contribution in [2.75, 3.05) is 19.6 Å². The van der Waals surface area contributed by atoms with E-state index in [2.05, 4.69) is 26.4 Å². The molecular formula is C15H20N4O. The molecule has 5 heteroatoms. The van der Waals surface area contributed by atoms with Gasteiger partial charge in [0.1, 0.15) is 6.26 Å². The molecular weight excluding hydrogens is 252 g/mol. The lowest BCUT2D eigenvalue weighted by Gasteiger charge is -2.24. The van der Waals surface area contributed by atoms with E-state index in [0.29, 0.717) is 0 Å². The second-order valence-corrected chi connectivity index (χ2v) is 5.38. The van der Waals surface area contributed by atoms with Crippen LogP contribution in [0.1, 0.15) is 17.7 Å². The lowest BCUT2D eigenvalue weighted by atomic mass is 10.1. The Morgan fingerprint density at radius 2 is 2.35 bits per heavy atom. The van der Waals surface area contributed by atoms with Crippen LogP contribution in [0.2, 0.25) is 0 Å². The van der Waals surface area contributed by atoms with Crippen molar-refractivity contribution in [1.29, 1.82) is 0 Å². The maximum atomic E-state index is 4.93. The Hall–Kier alpha value is -1.72. The third-order valence-corrected chi connectivity index (χ3v) is 3.68. The molecule has 3 rings (SSSR count). The van der Waals surface area contributed by atoms with Crippen LogP contribution in [0.5, 0.6) is 0 Å². The first-order valence-electron chi connectivity index (χ1n) is 7.11. The highest BCUT2D eigenvalue weighted by Gasteiger charge is 2.19. The van der Waals surface area contributed by atoms with Crippen molar-refractivity contribution < 1.29 is 4.52 Å². The van der Waals surface area contributed by atoms with Gasteiger partial charge in [-0.2, -0.15) is 0 Å². The van der Waals surface area contributed by atoms with Gasteiger partial charge in [-0.3, -0.25) is 9.88 Å². The van der Waals surface area contributed by atoms with Crippen molar-refractivity contribution in [2.24, 2.45) is 5.92 Å². The van der Waals surface area contributed by atoms with E-state index in [4.69, 9.17) is 4.52 Å². The SMILES string of the molecule is c1cncc(CN(Cc2ccon2)CC2CCNC2)c1. The predicted octanol–water partition coefficient (Wildman–Crippen LogP) is 1.68. The summed E-state index contributed by atoms with van der Waals surface area (Å²) in [5, 5.41) is 7.45. The van der Waals surface area contributed by atoms with Crippen molar-refractivity contribution in [3.05, 3.63) is 48.1 Å². The molecule has 2 aromatic rings. The number of hydrogen-bond acceptors (Lipinski definition) is 5. The lowest BCUT2D eigenvalue weighted by Crippen LogP contribution is -2.30. The minimum Gasteiger partial charge on any atom is -0.364 e. The average Bonchev–Trinajstić information content (AvgIpc) is 3.13. The van der Waals surface area contributed by atoms with E-state index in [1.807, 2.05) is 24.5 Å². The van der Waals surface area contributed by atoms with Crippen LogP contribution in [0.15, 0.2) is 41.4 Å². The molecule has 0 spiro atoms. The molecule has 1 saturated heterocycles. The molecule has 1 fully saturated rings. The van der Waals surface area contributed by atoms with E-state index in [-0.39, 0.29) is 0 Å². The quantitative estimate of drug-likeness (QED) is 0.867. The largest absolute Gasteiger partial charge is 0.364 e. The molecule has 3 heterocycles. The van der Waals surface area contributed by atoms with Crippen LogP contribution in [0.4, 0.5) is 0 Å². The van der Waals surface area contributed by atoms with Crippen molar-refractivity contribution >= 4 is 0 Å². The highest BCUT2D eigenvalue weighted by atomic mass is 16.5. The zero-order valence-electron chi connectivity index (χ0n) is 11.5. The number of nitrogens with zero attached hydrogens (tertiary/aromatic N) is 3. The number of rotatable bonds is 6. The summed E-state index contributed by atoms with van der Waals surface area (Å²) in [6.07, 6.45) is 6.63. The summed E-state index contributed by atoms with van der Waals surface area (Å²) in [4.78, 5) is 6.62. The molecule has 1 N–H and O–H groups in total. The van der Waals surface area contributed by atoms with Crippen LogP contribution in [0.3, 0.4) is 0 Å². The molecule has 5 nitrogen and oxygen atoms in total. The Kier molecular flexibility index (Phi) is 4.40. The Morgan fingerprint density at radius 3 is 3.05 bits per heavy atom. The Morgan fingerprint density at radius 1 is 1.35 bits per heavy atom. The zero-order chi connectivity index (χ0) is 13.6. The maximum absolute atomic E-state index is 4.93. The number of aromatic nitrogens is 2. The van der Waals surface area contributed by atoms with E-state index >= 15 is 0 Å². The first-order chi connectivity index (χ1) is 9.90. The highest BCUT2D eigenvalue weighted by molar-refractivity contribution is 5.08. The standard InChI is InChI=1S/C15H20N4O/c1-2-13(8-16-5-1)10-19(11-14-3-6-17-9-14)12-15-4-7-20-18-15/h1-2,4-5,7-8,14,17H,3,6,9-12H2. The molecule has 20 heavy (non-hydrogen) atoms. The summed E-state index contributed by atoms with van der Waals surface area (Å²) in [5.41, 5.74) is 2.22. The maximum Gasteiger partial charge on any atom is 0.124 e. The van der Waals surface area contributed by atoms with Gasteiger partial charge in [0.25, 0.3) is 0 Å². The summed E-state index contributed by atoms with van der Waals surface area (Å²) in [6.45, 7) is 5.05. The summed E-state index contributed by atoms with van der Waals surface area (Å²) in [7, 11) is 0. The van der Waals surface area contributed by atoms with E-state index in [1.165, 1.54) is 12.0 Å². The topological polar surface area (TPSA) is 54.2 Å². The fraction of sp³-hybridized carbons (Fsp3) is 0.467. The van der Waals surface area contributed by atoms with Crippen LogP contribution in [0.25, 0.3) is 0 Å². The summed E-state index contributed by atoms with van der Waals surface area (Å²) < 4.78 is 4.93. The van der Waals surface area contributed by atoms with Crippen LogP contribution < -0.4 is 5.32 Å². The van der Waals surface area contributed by atoms with Crippen molar-refractivity contribution in [3.8, 4) is 0 Å². The third-order valence-electron chi connectivity index (χ3n) is 3.68. The van der Waals surface area contributed by atoms with E-state index < -0.39 is 0 Å². The Labute approximate surface area is 119 Å². The van der Waals surface area contributed by atoms with Crippen LogP contribution >= 0.6 is 0 Å². The van der Waals surface area contributed by atoms with Crippen LogP contribution in [-0.2, 0) is 13.1 Å². The molecule has 0 amide bonds. The molecule has 0 radical (unpaired) electrons. The Balaban J connectivity index is 1.65. The van der Waals surface area contributed by atoms with Crippen molar-refractivity contribution in [2.45, 2.75) is 19.5 Å². The third kappa shape index (κ3) is 3.65. The monoisotopic (exact) mass is 272 g/mol. The van der Waals surface area contributed by atoms with Gasteiger partial charge in [0.2, 0.25) is 0 Å². The summed E-state index contributed by atoms with van der Waals surface area (Å²) in [6, 6.07) is 6.04. The van der Waals surface area contributed by atoms with E-state index in [9.17, 15) is 0 Å². The fourth-order valence-corrected chi connectivity index (χ4v) is 2.72. The van der Waals surface area contributed by atoms with Gasteiger partial charge >= 0.3 is 0 Å². The molecule has 1 aliphatic rings. The molecule has 0 bridgehead atoms. The second-order valence-electron chi connectivity index (χ2n) is 5.38. The molecule has 2 aromatic heterocycles. The fourth-order valence-electron chi connectivity index (χ4n) is 2.72. The lowest BCUT2D eigenvalue weighted by molar-refractivity contribution is 0.214. The molecule has 1 atom stereocenters. The summed E-state index contributed by atoms with van der Waals surface area (Å²) in [5.74, 6) is 0.721. The highest BCUT2D eigenvalue weighted by Crippen LogP contribution is 2.14. The molecule has 106 valence electrons. The number of hydrogen-bond donors (Lipinski definition) is 1. The van der Waals surface area contributed by atoms with Gasteiger partial charge in [-0.1, -0.05) is 11.2 Å². The molecule has 0 aliphatic carbocycles. The number of pyridine rings is 1. The van der Waals surface area contributed by atoms with Crippen molar-refractivity contribution in [3.63, 3.8) is 0 Å². The van der Waals surface area contributed by atoms with Gasteiger partial charge in [-0.05, 0) is 37.1 Å². The molecule has 0 aromatic carbocycles. The van der Waals surface area contributed by atoms with Crippen LogP contribution in [0, 0.1) is 5.92 Å². The normalized spacial score (nSPS) is 18.8. The van der Waals surface area contributed by atoms with Gasteiger partial charge in [0.15, 0.2) is 0 Å². The van der Waals surface area contributed by atoms with Gasteiger partial charge in [-0.15, -0.1) is 0 Å². The Bertz CT molecular complexity index is 494. The van der Waals surface area contributed by atoms with Gasteiger partial charge in [-0.25, -0.2) is 0 Å².